The first kappa shape index (κ1) is 11.0. The number of amides is 1. The molecule has 78 valence electrons. The van der Waals surface area contributed by atoms with E-state index in [4.69, 9.17) is 6.57 Å². The Balaban J connectivity index is 2.29. The van der Waals surface area contributed by atoms with Gasteiger partial charge in [0, 0.05) is 24.8 Å². The Labute approximate surface area is 85.7 Å². The first-order valence-corrected chi connectivity index (χ1v) is 5.30. The minimum atomic E-state index is 0.0635. The van der Waals surface area contributed by atoms with Crippen molar-refractivity contribution in [3.05, 3.63) is 11.4 Å². The van der Waals surface area contributed by atoms with E-state index in [0.29, 0.717) is 6.04 Å². The Hall–Kier alpha value is -1.04. The summed E-state index contributed by atoms with van der Waals surface area (Å²) in [5.41, 5.74) is 0. The van der Waals surface area contributed by atoms with Crippen molar-refractivity contribution in [3.8, 4) is 0 Å². The fourth-order valence-electron chi connectivity index (χ4n) is 1.72. The molecule has 0 radical (unpaired) electrons. The highest BCUT2D eigenvalue weighted by Crippen LogP contribution is 2.21. The van der Waals surface area contributed by atoms with Crippen molar-refractivity contribution in [1.29, 1.82) is 0 Å². The van der Waals surface area contributed by atoms with Gasteiger partial charge in [0.05, 0.1) is 0 Å². The average Bonchev–Trinajstić information content (AvgIpc) is 2.19. The Morgan fingerprint density at radius 1 is 1.36 bits per heavy atom. The van der Waals surface area contributed by atoms with Gasteiger partial charge in [-0.2, -0.15) is 0 Å². The van der Waals surface area contributed by atoms with E-state index in [2.05, 4.69) is 10.2 Å². The zero-order valence-corrected chi connectivity index (χ0v) is 8.92. The highest BCUT2D eigenvalue weighted by Gasteiger charge is 2.25. The van der Waals surface area contributed by atoms with E-state index in [1.165, 1.54) is 0 Å². The van der Waals surface area contributed by atoms with Crippen LogP contribution in [-0.4, -0.2) is 18.0 Å². The fourth-order valence-corrected chi connectivity index (χ4v) is 1.72. The molecule has 1 amide bonds. The second-order valence-electron chi connectivity index (χ2n) is 4.30. The molecule has 3 nitrogen and oxygen atoms in total. The maximum atomic E-state index is 11.4. The second kappa shape index (κ2) is 4.99. The molecule has 1 aliphatic rings. The van der Waals surface area contributed by atoms with Gasteiger partial charge in [0.15, 0.2) is 0 Å². The van der Waals surface area contributed by atoms with E-state index in [-0.39, 0.29) is 17.9 Å². The number of hydrogen-bond donors (Lipinski definition) is 1. The van der Waals surface area contributed by atoms with Crippen LogP contribution in [0.4, 0.5) is 0 Å². The monoisotopic (exact) mass is 194 g/mol. The standard InChI is InChI=1S/C11H18N2O/c1-8(2)11(14)13-10-6-4-9(12-3)5-7-10/h8-10H,4-7H2,1-2H3,(H,13,14). The molecular formula is C11H18N2O. The predicted octanol–water partition coefficient (Wildman–Crippen LogP) is 1.99. The maximum Gasteiger partial charge on any atom is 0.223 e. The Kier molecular flexibility index (Phi) is 3.94. The number of hydrogen-bond acceptors (Lipinski definition) is 1. The molecular weight excluding hydrogens is 176 g/mol. The van der Waals surface area contributed by atoms with Crippen molar-refractivity contribution in [3.63, 3.8) is 0 Å². The van der Waals surface area contributed by atoms with E-state index < -0.39 is 0 Å². The van der Waals surface area contributed by atoms with Gasteiger partial charge in [0.1, 0.15) is 0 Å². The minimum Gasteiger partial charge on any atom is -0.353 e. The molecule has 0 aromatic heterocycles. The first-order chi connectivity index (χ1) is 6.63. The molecule has 0 saturated heterocycles. The molecule has 0 aliphatic heterocycles. The molecule has 0 aromatic rings. The molecule has 1 fully saturated rings. The number of carbonyl (C=O) groups is 1. The lowest BCUT2D eigenvalue weighted by molar-refractivity contribution is -0.124. The van der Waals surface area contributed by atoms with Crippen LogP contribution >= 0.6 is 0 Å². The smallest absolute Gasteiger partial charge is 0.223 e. The highest BCUT2D eigenvalue weighted by atomic mass is 16.1. The summed E-state index contributed by atoms with van der Waals surface area (Å²) in [5.74, 6) is 0.199. The van der Waals surface area contributed by atoms with Crippen LogP contribution in [0.25, 0.3) is 4.85 Å². The van der Waals surface area contributed by atoms with Gasteiger partial charge in [-0.25, -0.2) is 6.57 Å². The molecule has 1 aliphatic carbocycles. The Bertz CT molecular complexity index is 234. The molecule has 0 atom stereocenters. The molecule has 14 heavy (non-hydrogen) atoms. The molecule has 0 spiro atoms. The average molecular weight is 194 g/mol. The van der Waals surface area contributed by atoms with Crippen LogP contribution in [0.15, 0.2) is 0 Å². The zero-order chi connectivity index (χ0) is 10.6. The van der Waals surface area contributed by atoms with Crippen LogP contribution in [0, 0.1) is 12.5 Å². The van der Waals surface area contributed by atoms with Crippen LogP contribution in [-0.2, 0) is 4.79 Å². The quantitative estimate of drug-likeness (QED) is 0.670. The van der Waals surface area contributed by atoms with E-state index in [9.17, 15) is 4.79 Å². The zero-order valence-electron chi connectivity index (χ0n) is 8.92. The molecule has 3 heteroatoms. The highest BCUT2D eigenvalue weighted by molar-refractivity contribution is 5.78. The Morgan fingerprint density at radius 3 is 2.36 bits per heavy atom. The van der Waals surface area contributed by atoms with Gasteiger partial charge in [-0.15, -0.1) is 0 Å². The van der Waals surface area contributed by atoms with Crippen molar-refractivity contribution >= 4 is 5.91 Å². The van der Waals surface area contributed by atoms with E-state index in [1.54, 1.807) is 0 Å². The van der Waals surface area contributed by atoms with Gasteiger partial charge in [-0.05, 0) is 12.8 Å². The summed E-state index contributed by atoms with van der Waals surface area (Å²) in [7, 11) is 0. The van der Waals surface area contributed by atoms with Crippen molar-refractivity contribution in [2.24, 2.45) is 5.92 Å². The summed E-state index contributed by atoms with van der Waals surface area (Å²) in [5, 5.41) is 3.02. The van der Waals surface area contributed by atoms with Crippen LogP contribution in [0.1, 0.15) is 39.5 Å². The number of rotatable bonds is 2. The summed E-state index contributed by atoms with van der Waals surface area (Å²) >= 11 is 0. The van der Waals surface area contributed by atoms with Gasteiger partial charge in [-0.1, -0.05) is 13.8 Å². The van der Waals surface area contributed by atoms with Gasteiger partial charge in [0.25, 0.3) is 0 Å². The van der Waals surface area contributed by atoms with Gasteiger partial charge in [0.2, 0.25) is 11.9 Å². The first-order valence-electron chi connectivity index (χ1n) is 5.30. The van der Waals surface area contributed by atoms with Crippen molar-refractivity contribution < 1.29 is 4.79 Å². The van der Waals surface area contributed by atoms with Crippen molar-refractivity contribution in [2.45, 2.75) is 51.6 Å². The van der Waals surface area contributed by atoms with Crippen molar-refractivity contribution in [1.82, 2.24) is 5.32 Å². The van der Waals surface area contributed by atoms with Crippen molar-refractivity contribution in [2.75, 3.05) is 0 Å². The third kappa shape index (κ3) is 3.02. The largest absolute Gasteiger partial charge is 0.353 e. The SMILES string of the molecule is [C-]#[N+]C1CCC(NC(=O)C(C)C)CC1. The third-order valence-corrected chi connectivity index (χ3v) is 2.75. The van der Waals surface area contributed by atoms with Gasteiger partial charge in [-0.3, -0.25) is 4.79 Å². The Morgan fingerprint density at radius 2 is 1.93 bits per heavy atom. The van der Waals surface area contributed by atoms with E-state index in [0.717, 1.165) is 25.7 Å². The minimum absolute atomic E-state index is 0.0635. The number of nitrogens with one attached hydrogen (secondary N) is 1. The number of carbonyl (C=O) groups excluding carboxylic acids is 1. The second-order valence-corrected chi connectivity index (χ2v) is 4.30. The lowest BCUT2D eigenvalue weighted by Crippen LogP contribution is -2.40. The summed E-state index contributed by atoms with van der Waals surface area (Å²) in [4.78, 5) is 14.9. The normalized spacial score (nSPS) is 27.0. The summed E-state index contributed by atoms with van der Waals surface area (Å²) < 4.78 is 0. The van der Waals surface area contributed by atoms with Gasteiger partial charge >= 0.3 is 0 Å². The maximum absolute atomic E-state index is 11.4. The van der Waals surface area contributed by atoms with Crippen LogP contribution in [0.3, 0.4) is 0 Å². The molecule has 1 rings (SSSR count). The molecule has 0 aromatic carbocycles. The predicted molar refractivity (Wildman–Crippen MR) is 55.6 cm³/mol. The molecule has 1 N–H and O–H groups in total. The third-order valence-electron chi connectivity index (χ3n) is 2.75. The summed E-state index contributed by atoms with van der Waals surface area (Å²) in [6.07, 6.45) is 3.80. The molecule has 1 saturated carbocycles. The lowest BCUT2D eigenvalue weighted by atomic mass is 9.91. The van der Waals surface area contributed by atoms with Crippen LogP contribution < -0.4 is 5.32 Å². The van der Waals surface area contributed by atoms with E-state index in [1.807, 2.05) is 13.8 Å². The fraction of sp³-hybridized carbons (Fsp3) is 0.818. The van der Waals surface area contributed by atoms with E-state index >= 15 is 0 Å². The van der Waals surface area contributed by atoms with Crippen LogP contribution in [0.2, 0.25) is 0 Å². The molecule has 0 unspecified atom stereocenters. The lowest BCUT2D eigenvalue weighted by Gasteiger charge is -2.24. The number of nitrogens with zero attached hydrogens (tertiary/aromatic N) is 1. The van der Waals surface area contributed by atoms with Gasteiger partial charge < -0.3 is 10.2 Å². The van der Waals surface area contributed by atoms with Crippen LogP contribution in [0.5, 0.6) is 0 Å². The molecule has 0 heterocycles. The topological polar surface area (TPSA) is 33.5 Å². The molecule has 0 bridgehead atoms. The summed E-state index contributed by atoms with van der Waals surface area (Å²) in [6.45, 7) is 10.7. The summed E-state index contributed by atoms with van der Waals surface area (Å²) in [6, 6.07) is 0.505.